The molecule has 6 N–H and O–H groups in total. The molecule has 0 atom stereocenters. The van der Waals surface area contributed by atoms with Gasteiger partial charge in [-0.3, -0.25) is 19.2 Å². The molecule has 0 aliphatic carbocycles. The normalized spacial score (nSPS) is 12.0. The van der Waals surface area contributed by atoms with Crippen LogP contribution >= 0.6 is 0 Å². The molecule has 0 saturated heterocycles. The first-order chi connectivity index (χ1) is 17.4. The Balaban J connectivity index is 1.77. The molecule has 0 unspecified atom stereocenters. The molecular weight excluding hydrogens is 456 g/mol. The highest BCUT2D eigenvalue weighted by Crippen LogP contribution is 2.27. The lowest BCUT2D eigenvalue weighted by Crippen LogP contribution is -2.25. The van der Waals surface area contributed by atoms with Gasteiger partial charge in [-0.1, -0.05) is 48.5 Å². The van der Waals surface area contributed by atoms with Crippen LogP contribution in [0.3, 0.4) is 0 Å². The molecule has 0 spiro atoms. The summed E-state index contributed by atoms with van der Waals surface area (Å²) in [4.78, 5) is 60.0. The number of anilines is 2. The highest BCUT2D eigenvalue weighted by atomic mass is 16.1. The number of rotatable bonds is 0. The first-order valence-electron chi connectivity index (χ1n) is 11.2. The van der Waals surface area contributed by atoms with Crippen molar-refractivity contribution in [1.82, 2.24) is 0 Å². The molecule has 36 heavy (non-hydrogen) atoms. The Kier molecular flexibility index (Phi) is 3.73. The highest BCUT2D eigenvalue weighted by Gasteiger charge is 2.28. The summed E-state index contributed by atoms with van der Waals surface area (Å²) in [5.41, 5.74) is 13.0. The van der Waals surface area contributed by atoms with Crippen LogP contribution in [-0.2, 0) is 0 Å². The molecule has 1 aromatic heterocycles. The second kappa shape index (κ2) is 6.67. The van der Waals surface area contributed by atoms with E-state index in [1.807, 2.05) is 0 Å². The average molecular weight is 472 g/mol. The summed E-state index contributed by atoms with van der Waals surface area (Å²) in [6.07, 6.45) is 0. The molecule has 0 amide bonds. The fourth-order valence-electron chi connectivity index (χ4n) is 5.37. The summed E-state index contributed by atoms with van der Waals surface area (Å²) in [7, 11) is 0. The van der Waals surface area contributed by atoms with Crippen LogP contribution in [-0.4, -0.2) is 0 Å². The van der Waals surface area contributed by atoms with Crippen LogP contribution in [0.15, 0.2) is 79.8 Å². The fourth-order valence-corrected chi connectivity index (χ4v) is 5.37. The van der Waals surface area contributed by atoms with Crippen LogP contribution in [0, 0.1) is 0 Å². The van der Waals surface area contributed by atoms with Crippen molar-refractivity contribution in [3.05, 3.63) is 102 Å². The van der Waals surface area contributed by atoms with E-state index in [1.165, 1.54) is 0 Å². The lowest BCUT2D eigenvalue weighted by Gasteiger charge is -2.05. The Morgan fingerprint density at radius 2 is 0.778 bits per heavy atom. The molecule has 0 fully saturated rings. The molecule has 0 saturated carbocycles. The standard InChI is InChI=1S/C28H14N4O4/c29-15-9-17-23(21-19(15)25(33)11-5-1-3-7-13(11)27(21)35)31-18-10-16(30)20-22(24(18)32-17)28(36)14-8-4-2-6-12(14)26(20)34/h1-10H,29-30H2/p+2. The van der Waals surface area contributed by atoms with Gasteiger partial charge < -0.3 is 11.5 Å². The third-order valence-electron chi connectivity index (χ3n) is 6.98. The average Bonchev–Trinajstić information content (AvgIpc) is 2.88. The topological polar surface area (TPSA) is 149 Å². The van der Waals surface area contributed by atoms with Crippen molar-refractivity contribution in [3.63, 3.8) is 0 Å². The third-order valence-corrected chi connectivity index (χ3v) is 6.98. The van der Waals surface area contributed by atoms with Crippen molar-refractivity contribution in [3.8, 4) is 0 Å². The molecule has 0 radical (unpaired) electrons. The zero-order chi connectivity index (χ0) is 24.9. The number of hydrogen-bond donors (Lipinski definition) is 2. The van der Waals surface area contributed by atoms with Gasteiger partial charge in [0.2, 0.25) is 10.9 Å². The summed E-state index contributed by atoms with van der Waals surface area (Å²) in [6, 6.07) is 16.3. The van der Waals surface area contributed by atoms with Gasteiger partial charge in [0.15, 0.2) is 10.9 Å². The minimum Gasteiger partial charge on any atom is -0.398 e. The van der Waals surface area contributed by atoms with Gasteiger partial charge in [-0.15, -0.1) is 0 Å². The second-order valence-electron chi connectivity index (χ2n) is 8.93. The van der Waals surface area contributed by atoms with Crippen LogP contribution in [0.4, 0.5) is 11.4 Å². The molecule has 8 nitrogen and oxygen atoms in total. The molecule has 0 aliphatic rings. The maximum atomic E-state index is 13.5. The monoisotopic (exact) mass is 472 g/mol. The minimum atomic E-state index is -0.340. The third kappa shape index (κ3) is 2.37. The van der Waals surface area contributed by atoms with Gasteiger partial charge in [0.1, 0.15) is 10.8 Å². The number of fused-ring (bicyclic) bond motifs is 8. The Labute approximate surface area is 199 Å². The molecule has 170 valence electrons. The fraction of sp³-hybridized carbons (Fsp3) is 0. The van der Waals surface area contributed by atoms with Crippen molar-refractivity contribution in [1.29, 1.82) is 0 Å². The number of nitrogens with two attached hydrogens (primary N) is 2. The Morgan fingerprint density at radius 3 is 1.11 bits per heavy atom. The zero-order valence-corrected chi connectivity index (χ0v) is 18.6. The number of hydrogen-bond acceptors (Lipinski definition) is 6. The van der Waals surface area contributed by atoms with E-state index in [0.717, 1.165) is 0 Å². The first-order valence-corrected chi connectivity index (χ1v) is 11.2. The van der Waals surface area contributed by atoms with Crippen LogP contribution in [0.25, 0.3) is 65.2 Å². The van der Waals surface area contributed by atoms with E-state index in [2.05, 4.69) is 9.97 Å². The summed E-state index contributed by atoms with van der Waals surface area (Å²) >= 11 is 0. The number of nitrogen functional groups attached to an aromatic ring is 2. The van der Waals surface area contributed by atoms with Crippen LogP contribution in [0.2, 0.25) is 0 Å². The van der Waals surface area contributed by atoms with Crippen molar-refractivity contribution in [2.24, 2.45) is 0 Å². The largest absolute Gasteiger partial charge is 0.398 e. The predicted octanol–water partition coefficient (Wildman–Crippen LogP) is 1.71. The Bertz CT molecular complexity index is 2200. The van der Waals surface area contributed by atoms with E-state index in [9.17, 15) is 19.2 Å². The lowest BCUT2D eigenvalue weighted by molar-refractivity contribution is -0.359. The van der Waals surface area contributed by atoms with E-state index < -0.39 is 0 Å². The molecule has 1 heterocycles. The molecule has 6 aromatic carbocycles. The van der Waals surface area contributed by atoms with Crippen molar-refractivity contribution in [2.45, 2.75) is 0 Å². The van der Waals surface area contributed by atoms with E-state index in [1.54, 1.807) is 60.7 Å². The number of H-pyrrole nitrogens is 2. The van der Waals surface area contributed by atoms with E-state index in [0.29, 0.717) is 32.8 Å². The van der Waals surface area contributed by atoms with Crippen molar-refractivity contribution in [2.75, 3.05) is 11.5 Å². The SMILES string of the molecule is Nc1cc2[nH+]c3c(cc(N)c4c(=O)c5ccccc5c(=O)c43)[nH+]c2c2c(=O)c3ccccc3c(=O)c12. The number of aromatic nitrogens is 2. The quantitative estimate of drug-likeness (QED) is 0.195. The Hall–Kier alpha value is -5.24. The number of nitrogens with one attached hydrogen (secondary N) is 2. The lowest BCUT2D eigenvalue weighted by atomic mass is 9.98. The zero-order valence-electron chi connectivity index (χ0n) is 18.6. The van der Waals surface area contributed by atoms with Gasteiger partial charge in [-0.25, -0.2) is 0 Å². The van der Waals surface area contributed by atoms with Crippen molar-refractivity contribution >= 4 is 76.5 Å². The van der Waals surface area contributed by atoms with Crippen molar-refractivity contribution < 1.29 is 9.97 Å². The van der Waals surface area contributed by atoms with Crippen LogP contribution < -0.4 is 43.2 Å². The summed E-state index contributed by atoms with van der Waals surface area (Å²) < 4.78 is 0. The molecular formula is C28H16N4O4+2. The van der Waals surface area contributed by atoms with Gasteiger partial charge in [0.05, 0.1) is 22.1 Å². The number of aromatic amines is 2. The molecule has 8 heteroatoms. The summed E-state index contributed by atoms with van der Waals surface area (Å²) in [5, 5.41) is 1.73. The minimum absolute atomic E-state index is 0.126. The van der Waals surface area contributed by atoms with Gasteiger partial charge in [0, 0.05) is 33.7 Å². The smallest absolute Gasteiger partial charge is 0.288 e. The summed E-state index contributed by atoms with van der Waals surface area (Å²) in [6.45, 7) is 0. The van der Waals surface area contributed by atoms with E-state index in [4.69, 9.17) is 11.5 Å². The maximum absolute atomic E-state index is 13.5. The molecule has 0 bridgehead atoms. The number of benzene rings is 6. The van der Waals surface area contributed by atoms with Gasteiger partial charge in [-0.05, 0) is 0 Å². The summed E-state index contributed by atoms with van der Waals surface area (Å²) in [5.74, 6) is 0. The van der Waals surface area contributed by atoms with Gasteiger partial charge >= 0.3 is 0 Å². The molecule has 7 rings (SSSR count). The van der Waals surface area contributed by atoms with Gasteiger partial charge in [-0.2, -0.15) is 9.97 Å². The van der Waals surface area contributed by atoms with E-state index in [-0.39, 0.29) is 65.4 Å². The first kappa shape index (κ1) is 20.2. The Morgan fingerprint density at radius 1 is 0.472 bits per heavy atom. The predicted molar refractivity (Wildman–Crippen MR) is 141 cm³/mol. The molecule has 7 aromatic rings. The molecule has 0 aliphatic heterocycles. The van der Waals surface area contributed by atoms with Crippen LogP contribution in [0.1, 0.15) is 0 Å². The van der Waals surface area contributed by atoms with Gasteiger partial charge in [0.25, 0.3) is 22.1 Å². The van der Waals surface area contributed by atoms with E-state index >= 15 is 0 Å². The highest BCUT2D eigenvalue weighted by molar-refractivity contribution is 6.15. The second-order valence-corrected chi connectivity index (χ2v) is 8.93. The van der Waals surface area contributed by atoms with Crippen LogP contribution in [0.5, 0.6) is 0 Å². The maximum Gasteiger partial charge on any atom is 0.288 e.